The second-order valence-electron chi connectivity index (χ2n) is 2.83. The number of esters is 1. The summed E-state index contributed by atoms with van der Waals surface area (Å²) in [4.78, 5) is 11.1. The lowest BCUT2D eigenvalue weighted by Gasteiger charge is -2.10. The van der Waals surface area contributed by atoms with Gasteiger partial charge in [0.1, 0.15) is 0 Å². The number of carbonyl (C=O) groups is 1. The Kier molecular flexibility index (Phi) is 7.84. The number of ether oxygens (including phenoxy) is 2. The van der Waals surface area contributed by atoms with Crippen LogP contribution in [-0.4, -0.2) is 25.8 Å². The van der Waals surface area contributed by atoms with E-state index >= 15 is 0 Å². The molecule has 80 valence electrons. The molecule has 0 heterocycles. The monoisotopic (exact) mass is 198 g/mol. The van der Waals surface area contributed by atoms with E-state index in [0.29, 0.717) is 26.2 Å². The van der Waals surface area contributed by atoms with Crippen molar-refractivity contribution in [3.05, 3.63) is 25.3 Å². The Hall–Kier alpha value is -1.09. The number of carbonyl (C=O) groups excluding carboxylic acids is 1. The molecule has 0 fully saturated rings. The van der Waals surface area contributed by atoms with Crippen LogP contribution in [0.3, 0.4) is 0 Å². The van der Waals surface area contributed by atoms with Crippen LogP contribution in [0, 0.1) is 5.92 Å². The summed E-state index contributed by atoms with van der Waals surface area (Å²) < 4.78 is 10.0. The molecule has 0 aromatic carbocycles. The van der Waals surface area contributed by atoms with Gasteiger partial charge in [-0.05, 0) is 6.92 Å². The van der Waals surface area contributed by atoms with Crippen LogP contribution < -0.4 is 0 Å². The molecule has 3 nitrogen and oxygen atoms in total. The van der Waals surface area contributed by atoms with Gasteiger partial charge in [-0.15, -0.1) is 13.2 Å². The zero-order valence-corrected chi connectivity index (χ0v) is 8.70. The predicted molar refractivity (Wildman–Crippen MR) is 56.0 cm³/mol. The highest BCUT2D eigenvalue weighted by molar-refractivity contribution is 5.69. The fraction of sp³-hybridized carbons (Fsp3) is 0.545. The fourth-order valence-corrected chi connectivity index (χ4v) is 0.947. The molecule has 0 aliphatic rings. The molecule has 1 atom stereocenters. The zero-order valence-electron chi connectivity index (χ0n) is 8.70. The lowest BCUT2D eigenvalue weighted by molar-refractivity contribution is -0.144. The van der Waals surface area contributed by atoms with E-state index in [4.69, 9.17) is 9.47 Å². The van der Waals surface area contributed by atoms with Gasteiger partial charge in [-0.2, -0.15) is 0 Å². The first kappa shape index (κ1) is 12.9. The first-order valence-electron chi connectivity index (χ1n) is 4.71. The maximum Gasteiger partial charge on any atom is 0.306 e. The van der Waals surface area contributed by atoms with Crippen LogP contribution in [-0.2, 0) is 14.3 Å². The van der Waals surface area contributed by atoms with Crippen LogP contribution in [0.2, 0.25) is 0 Å². The maximum absolute atomic E-state index is 11.1. The minimum atomic E-state index is -0.209. The van der Waals surface area contributed by atoms with Crippen molar-refractivity contribution in [2.45, 2.75) is 13.3 Å². The second-order valence-corrected chi connectivity index (χ2v) is 2.83. The van der Waals surface area contributed by atoms with Gasteiger partial charge in [-0.3, -0.25) is 4.79 Å². The number of hydrogen-bond donors (Lipinski definition) is 0. The van der Waals surface area contributed by atoms with E-state index < -0.39 is 0 Å². The summed E-state index contributed by atoms with van der Waals surface area (Å²) in [5.41, 5.74) is 0. The maximum atomic E-state index is 11.1. The molecule has 0 spiro atoms. The molecule has 0 bridgehead atoms. The third-order valence-electron chi connectivity index (χ3n) is 1.64. The lowest BCUT2D eigenvalue weighted by atomic mass is 10.1. The van der Waals surface area contributed by atoms with Crippen LogP contribution in [0.4, 0.5) is 0 Å². The molecule has 3 heteroatoms. The zero-order chi connectivity index (χ0) is 10.8. The Morgan fingerprint density at radius 1 is 1.50 bits per heavy atom. The van der Waals surface area contributed by atoms with Crippen molar-refractivity contribution in [3.63, 3.8) is 0 Å². The van der Waals surface area contributed by atoms with Crippen molar-refractivity contribution in [1.29, 1.82) is 0 Å². The van der Waals surface area contributed by atoms with Gasteiger partial charge in [0.15, 0.2) is 0 Å². The average Bonchev–Trinajstić information content (AvgIpc) is 2.17. The van der Waals surface area contributed by atoms with Crippen molar-refractivity contribution in [2.24, 2.45) is 5.92 Å². The van der Waals surface area contributed by atoms with E-state index in [0.717, 1.165) is 0 Å². The van der Waals surface area contributed by atoms with Gasteiger partial charge in [0.25, 0.3) is 0 Å². The van der Waals surface area contributed by atoms with Crippen molar-refractivity contribution in [1.82, 2.24) is 0 Å². The van der Waals surface area contributed by atoms with E-state index in [1.807, 2.05) is 0 Å². The Balaban J connectivity index is 3.72. The van der Waals surface area contributed by atoms with Gasteiger partial charge >= 0.3 is 5.97 Å². The standard InChI is InChI=1S/C11H18O3/c1-4-7-13-9-10(5-2)8-11(12)14-6-3/h4-5,10H,1-2,6-9H2,3H3. The third kappa shape index (κ3) is 6.43. The van der Waals surface area contributed by atoms with Crippen LogP contribution in [0.5, 0.6) is 0 Å². The second kappa shape index (κ2) is 8.51. The van der Waals surface area contributed by atoms with Crippen LogP contribution in [0.1, 0.15) is 13.3 Å². The summed E-state index contributed by atoms with van der Waals surface area (Å²) in [5, 5.41) is 0. The molecule has 0 saturated heterocycles. The molecule has 0 aromatic rings. The summed E-state index contributed by atoms with van der Waals surface area (Å²) in [6.07, 6.45) is 3.71. The SMILES string of the molecule is C=CCOCC(C=C)CC(=O)OCC. The van der Waals surface area contributed by atoms with Gasteiger partial charge in [0.05, 0.1) is 26.2 Å². The third-order valence-corrected chi connectivity index (χ3v) is 1.64. The largest absolute Gasteiger partial charge is 0.466 e. The van der Waals surface area contributed by atoms with Crippen LogP contribution in [0.15, 0.2) is 25.3 Å². The van der Waals surface area contributed by atoms with Crippen LogP contribution >= 0.6 is 0 Å². The Morgan fingerprint density at radius 2 is 2.21 bits per heavy atom. The fourth-order valence-electron chi connectivity index (χ4n) is 0.947. The van der Waals surface area contributed by atoms with E-state index in [1.54, 1.807) is 19.1 Å². The van der Waals surface area contributed by atoms with Crippen molar-refractivity contribution >= 4 is 5.97 Å². The molecule has 0 N–H and O–H groups in total. The Labute approximate surface area is 85.4 Å². The molecule has 1 unspecified atom stereocenters. The molecule has 0 saturated carbocycles. The quantitative estimate of drug-likeness (QED) is 0.340. The number of rotatable bonds is 8. The average molecular weight is 198 g/mol. The minimum absolute atomic E-state index is 0.0222. The number of hydrogen-bond acceptors (Lipinski definition) is 3. The minimum Gasteiger partial charge on any atom is -0.466 e. The molecule has 0 radical (unpaired) electrons. The molecule has 0 rings (SSSR count). The van der Waals surface area contributed by atoms with Gasteiger partial charge in [0, 0.05) is 5.92 Å². The summed E-state index contributed by atoms with van der Waals surface area (Å²) in [6.45, 7) is 10.3. The molecule has 0 aliphatic carbocycles. The van der Waals surface area contributed by atoms with E-state index in [2.05, 4.69) is 13.2 Å². The Bertz CT molecular complexity index is 187. The van der Waals surface area contributed by atoms with Gasteiger partial charge in [-0.25, -0.2) is 0 Å². The molecule has 0 aromatic heterocycles. The molecule has 0 aliphatic heterocycles. The topological polar surface area (TPSA) is 35.5 Å². The summed E-state index contributed by atoms with van der Waals surface area (Å²) >= 11 is 0. The van der Waals surface area contributed by atoms with E-state index in [9.17, 15) is 4.79 Å². The molecular weight excluding hydrogens is 180 g/mol. The smallest absolute Gasteiger partial charge is 0.306 e. The van der Waals surface area contributed by atoms with Gasteiger partial charge in [-0.1, -0.05) is 12.2 Å². The van der Waals surface area contributed by atoms with Crippen LogP contribution in [0.25, 0.3) is 0 Å². The van der Waals surface area contributed by atoms with Crippen molar-refractivity contribution < 1.29 is 14.3 Å². The van der Waals surface area contributed by atoms with Crippen molar-refractivity contribution in [3.8, 4) is 0 Å². The first-order valence-corrected chi connectivity index (χ1v) is 4.71. The predicted octanol–water partition coefficient (Wildman–Crippen LogP) is 1.94. The van der Waals surface area contributed by atoms with Gasteiger partial charge < -0.3 is 9.47 Å². The lowest BCUT2D eigenvalue weighted by Crippen LogP contribution is -2.14. The van der Waals surface area contributed by atoms with E-state index in [1.165, 1.54) is 0 Å². The summed E-state index contributed by atoms with van der Waals surface area (Å²) in [6, 6.07) is 0. The Morgan fingerprint density at radius 3 is 2.71 bits per heavy atom. The molecular formula is C11H18O3. The first-order chi connectivity index (χ1) is 6.74. The molecule has 14 heavy (non-hydrogen) atoms. The van der Waals surface area contributed by atoms with Crippen molar-refractivity contribution in [2.75, 3.05) is 19.8 Å². The highest BCUT2D eigenvalue weighted by Gasteiger charge is 2.11. The van der Waals surface area contributed by atoms with Gasteiger partial charge in [0.2, 0.25) is 0 Å². The summed E-state index contributed by atoms with van der Waals surface area (Å²) in [7, 11) is 0. The highest BCUT2D eigenvalue weighted by Crippen LogP contribution is 2.06. The summed E-state index contributed by atoms with van der Waals surface area (Å²) in [5.74, 6) is -0.186. The highest BCUT2D eigenvalue weighted by atomic mass is 16.5. The molecule has 0 amide bonds. The van der Waals surface area contributed by atoms with E-state index in [-0.39, 0.29) is 11.9 Å². The normalized spacial score (nSPS) is 11.8.